The predicted molar refractivity (Wildman–Crippen MR) is 200 cm³/mol. The fourth-order valence-electron chi connectivity index (χ4n) is 5.07. The lowest BCUT2D eigenvalue weighted by Crippen LogP contribution is -2.55. The maximum atomic E-state index is 13.9. The molecular weight excluding hydrogens is 664 g/mol. The molecule has 52 heavy (non-hydrogen) atoms. The molecule has 3 amide bonds. The van der Waals surface area contributed by atoms with Gasteiger partial charge in [-0.3, -0.25) is 14.4 Å². The third kappa shape index (κ3) is 14.3. The number of nitrogens with one attached hydrogen (secondary N) is 4. The van der Waals surface area contributed by atoms with Gasteiger partial charge in [0.1, 0.15) is 36.9 Å². The first-order valence-electron chi connectivity index (χ1n) is 17.2. The van der Waals surface area contributed by atoms with Crippen LogP contribution in [0.3, 0.4) is 0 Å². The Bertz CT molecular complexity index is 1730. The summed E-state index contributed by atoms with van der Waals surface area (Å²) in [4.78, 5) is 69.0. The highest BCUT2D eigenvalue weighted by atomic mass is 16.6. The molecule has 3 rings (SSSR count). The number of esters is 2. The first kappa shape index (κ1) is 40.8. The Morgan fingerprint density at radius 2 is 1.58 bits per heavy atom. The number of amides is 3. The Kier molecular flexibility index (Phi) is 15.9. The van der Waals surface area contributed by atoms with Gasteiger partial charge in [0.2, 0.25) is 11.8 Å². The van der Waals surface area contributed by atoms with Crippen molar-refractivity contribution in [3.63, 3.8) is 0 Å². The molecule has 0 bridgehead atoms. The fourth-order valence-corrected chi connectivity index (χ4v) is 5.07. The van der Waals surface area contributed by atoms with Crippen LogP contribution in [0.25, 0.3) is 17.0 Å². The molecule has 278 valence electrons. The van der Waals surface area contributed by atoms with Gasteiger partial charge in [0, 0.05) is 23.5 Å². The Morgan fingerprint density at radius 3 is 2.27 bits per heavy atom. The number of aromatic nitrogens is 1. The molecule has 3 aromatic rings. The van der Waals surface area contributed by atoms with Gasteiger partial charge in [-0.1, -0.05) is 85.0 Å². The van der Waals surface area contributed by atoms with Crippen LogP contribution in [0, 0.1) is 0 Å². The summed E-state index contributed by atoms with van der Waals surface area (Å²) >= 11 is 0. The van der Waals surface area contributed by atoms with E-state index in [2.05, 4.69) is 27.5 Å². The van der Waals surface area contributed by atoms with Crippen molar-refractivity contribution in [2.75, 3.05) is 6.61 Å². The van der Waals surface area contributed by atoms with Crippen molar-refractivity contribution >= 4 is 46.8 Å². The molecule has 0 saturated heterocycles. The summed E-state index contributed by atoms with van der Waals surface area (Å²) in [7, 11) is 0. The number of rotatable bonds is 18. The lowest BCUT2D eigenvalue weighted by atomic mass is 10.1. The van der Waals surface area contributed by atoms with Gasteiger partial charge in [0.05, 0.1) is 0 Å². The van der Waals surface area contributed by atoms with Gasteiger partial charge in [-0.2, -0.15) is 0 Å². The Balaban J connectivity index is 1.83. The number of ether oxygens (including phenoxy) is 3. The first-order valence-corrected chi connectivity index (χ1v) is 17.2. The molecule has 1 aromatic heterocycles. The summed E-state index contributed by atoms with van der Waals surface area (Å²) in [6.07, 6.45) is 7.76. The quantitative estimate of drug-likeness (QED) is 0.0704. The van der Waals surface area contributed by atoms with Crippen molar-refractivity contribution in [3.8, 4) is 0 Å². The molecule has 3 atom stereocenters. The standard InChI is InChI=1S/C40H50N4O8/c1-7-23-50-38(48)34(24-27(2)3)43-36(46)32(21-14-22-35(45)52-40(4,5)6)42-37(47)33(44-39(49)51-26-28-15-9-8-10-16-28)20-13-17-29-25-41-31-19-12-11-18-30(29)31/h7-13,15-19,24-25,32-34,41H,1,14,20-23,26H2,2-6H3,(H,42,47)(H,43,46)(H,44,49)/b17-13+/t32-,33-,34?/m0/s1. The molecule has 0 aliphatic heterocycles. The number of fused-ring (bicyclic) bond motifs is 1. The summed E-state index contributed by atoms with van der Waals surface area (Å²) in [5, 5.41) is 8.99. The molecule has 12 nitrogen and oxygen atoms in total. The molecule has 0 aliphatic rings. The minimum atomic E-state index is -1.20. The molecule has 0 fully saturated rings. The largest absolute Gasteiger partial charge is 0.460 e. The minimum absolute atomic E-state index is 0.0173. The van der Waals surface area contributed by atoms with Crippen LogP contribution >= 0.6 is 0 Å². The van der Waals surface area contributed by atoms with Crippen molar-refractivity contribution in [1.82, 2.24) is 20.9 Å². The highest BCUT2D eigenvalue weighted by molar-refractivity contribution is 5.94. The summed E-state index contributed by atoms with van der Waals surface area (Å²) in [5.74, 6) is -2.53. The number of para-hydroxylation sites is 1. The second kappa shape index (κ2) is 20.3. The number of hydrogen-bond acceptors (Lipinski definition) is 8. The molecule has 0 saturated carbocycles. The van der Waals surface area contributed by atoms with Crippen molar-refractivity contribution in [3.05, 3.63) is 102 Å². The molecule has 1 heterocycles. The van der Waals surface area contributed by atoms with E-state index in [0.29, 0.717) is 0 Å². The summed E-state index contributed by atoms with van der Waals surface area (Å²) in [5.41, 5.74) is 2.64. The van der Waals surface area contributed by atoms with E-state index in [0.717, 1.165) is 27.6 Å². The lowest BCUT2D eigenvalue weighted by Gasteiger charge is -2.24. The van der Waals surface area contributed by atoms with Crippen LogP contribution < -0.4 is 16.0 Å². The Morgan fingerprint density at radius 1 is 0.885 bits per heavy atom. The predicted octanol–water partition coefficient (Wildman–Crippen LogP) is 6.04. The first-order chi connectivity index (χ1) is 24.8. The number of carbonyl (C=O) groups is 5. The van der Waals surface area contributed by atoms with Gasteiger partial charge < -0.3 is 35.1 Å². The highest BCUT2D eigenvalue weighted by Crippen LogP contribution is 2.19. The Hall–Kier alpha value is -5.65. The Labute approximate surface area is 305 Å². The smallest absolute Gasteiger partial charge is 0.408 e. The molecule has 1 unspecified atom stereocenters. The molecule has 0 aliphatic carbocycles. The van der Waals surface area contributed by atoms with E-state index in [1.165, 1.54) is 12.2 Å². The van der Waals surface area contributed by atoms with Gasteiger partial charge >= 0.3 is 18.0 Å². The minimum Gasteiger partial charge on any atom is -0.460 e. The SMILES string of the molecule is C=CCOC(=O)C(C=C(C)C)NC(=O)[C@H](CCCC(=O)OC(C)(C)C)NC(=O)[C@H](C/C=C/c1c[nH]c2ccccc12)NC(=O)OCc1ccccc1. The second-order valence-corrected chi connectivity index (χ2v) is 13.4. The van der Waals surface area contributed by atoms with Gasteiger partial charge in [0.25, 0.3) is 0 Å². The molecule has 0 radical (unpaired) electrons. The van der Waals surface area contributed by atoms with Gasteiger partial charge in [0.15, 0.2) is 0 Å². The molecule has 0 spiro atoms. The zero-order valence-corrected chi connectivity index (χ0v) is 30.5. The maximum absolute atomic E-state index is 13.9. The number of allylic oxidation sites excluding steroid dienone is 1. The molecule has 12 heteroatoms. The van der Waals surface area contributed by atoms with Crippen LogP contribution in [-0.4, -0.2) is 65.2 Å². The van der Waals surface area contributed by atoms with Crippen LogP contribution in [0.1, 0.15) is 71.4 Å². The van der Waals surface area contributed by atoms with Crippen LogP contribution in [-0.2, 0) is 40.0 Å². The van der Waals surface area contributed by atoms with E-state index in [4.69, 9.17) is 14.2 Å². The third-order valence-electron chi connectivity index (χ3n) is 7.43. The van der Waals surface area contributed by atoms with Crippen LogP contribution in [0.5, 0.6) is 0 Å². The fraction of sp³-hybridized carbons (Fsp3) is 0.375. The zero-order valence-electron chi connectivity index (χ0n) is 30.5. The monoisotopic (exact) mass is 714 g/mol. The number of H-pyrrole nitrogens is 1. The van der Waals surface area contributed by atoms with Crippen molar-refractivity contribution in [2.24, 2.45) is 0 Å². The maximum Gasteiger partial charge on any atom is 0.408 e. The highest BCUT2D eigenvalue weighted by Gasteiger charge is 2.30. The van der Waals surface area contributed by atoms with Crippen molar-refractivity contribution in [2.45, 2.75) is 90.6 Å². The van der Waals surface area contributed by atoms with Crippen LogP contribution in [0.4, 0.5) is 4.79 Å². The van der Waals surface area contributed by atoms with Gasteiger partial charge in [-0.15, -0.1) is 0 Å². The van der Waals surface area contributed by atoms with Gasteiger partial charge in [-0.05, 0) is 71.1 Å². The lowest BCUT2D eigenvalue weighted by molar-refractivity contribution is -0.155. The number of carbonyl (C=O) groups excluding carboxylic acids is 5. The zero-order chi connectivity index (χ0) is 38.1. The second-order valence-electron chi connectivity index (χ2n) is 13.4. The summed E-state index contributed by atoms with van der Waals surface area (Å²) < 4.78 is 16.0. The number of hydrogen-bond donors (Lipinski definition) is 4. The van der Waals surface area contributed by atoms with Crippen molar-refractivity contribution < 1.29 is 38.2 Å². The van der Waals surface area contributed by atoms with Crippen molar-refractivity contribution in [1.29, 1.82) is 0 Å². The topological polar surface area (TPSA) is 165 Å². The van der Waals surface area contributed by atoms with E-state index in [-0.39, 0.29) is 38.9 Å². The van der Waals surface area contributed by atoms with E-state index in [1.54, 1.807) is 52.8 Å². The normalized spacial score (nSPS) is 12.9. The summed E-state index contributed by atoms with van der Waals surface area (Å²) in [6, 6.07) is 13.3. The molecular formula is C40H50N4O8. The van der Waals surface area contributed by atoms with Gasteiger partial charge in [-0.25, -0.2) is 9.59 Å². The molecule has 2 aromatic carbocycles. The van der Waals surface area contributed by atoms with E-state index in [1.807, 2.05) is 54.7 Å². The van der Waals surface area contributed by atoms with E-state index >= 15 is 0 Å². The number of benzene rings is 2. The third-order valence-corrected chi connectivity index (χ3v) is 7.43. The molecule has 4 N–H and O–H groups in total. The average molecular weight is 715 g/mol. The van der Waals surface area contributed by atoms with Crippen LogP contribution in [0.15, 0.2) is 91.2 Å². The summed E-state index contributed by atoms with van der Waals surface area (Å²) in [6.45, 7) is 12.2. The number of alkyl carbamates (subject to hydrolysis) is 1. The average Bonchev–Trinajstić information content (AvgIpc) is 3.50. The van der Waals surface area contributed by atoms with Crippen LogP contribution in [0.2, 0.25) is 0 Å². The van der Waals surface area contributed by atoms with E-state index in [9.17, 15) is 24.0 Å². The van der Waals surface area contributed by atoms with E-state index < -0.39 is 53.6 Å². The number of aromatic amines is 1.